The van der Waals surface area contributed by atoms with Crippen molar-refractivity contribution in [2.75, 3.05) is 38.1 Å². The van der Waals surface area contributed by atoms with E-state index in [1.165, 1.54) is 12.0 Å². The van der Waals surface area contributed by atoms with Crippen LogP contribution in [0.1, 0.15) is 17.0 Å². The van der Waals surface area contributed by atoms with E-state index in [2.05, 4.69) is 50.1 Å². The number of nitrogens with zero attached hydrogens (tertiary/aromatic N) is 2. The van der Waals surface area contributed by atoms with Crippen LogP contribution in [0.25, 0.3) is 0 Å². The number of benzene rings is 1. The van der Waals surface area contributed by atoms with E-state index in [9.17, 15) is 4.79 Å². The number of hydrogen-bond acceptors (Lipinski definition) is 4. The predicted octanol–water partition coefficient (Wildman–Crippen LogP) is 1.45. The Morgan fingerprint density at radius 1 is 1.19 bits per heavy atom. The Balaban J connectivity index is 1.38. The molecule has 0 radical (unpaired) electrons. The third-order valence-electron chi connectivity index (χ3n) is 4.32. The van der Waals surface area contributed by atoms with Gasteiger partial charge in [-0.3, -0.25) is 9.79 Å². The summed E-state index contributed by atoms with van der Waals surface area (Å²) in [5.41, 5.74) is 1.25. The van der Waals surface area contributed by atoms with Crippen LogP contribution in [0.3, 0.4) is 0 Å². The lowest BCUT2D eigenvalue weighted by Crippen LogP contribution is -2.46. The van der Waals surface area contributed by atoms with Gasteiger partial charge in [-0.15, -0.1) is 0 Å². The van der Waals surface area contributed by atoms with E-state index in [0.717, 1.165) is 25.5 Å². The normalized spacial score (nSPS) is 17.2. The van der Waals surface area contributed by atoms with E-state index in [1.807, 2.05) is 6.07 Å². The highest BCUT2D eigenvalue weighted by Crippen LogP contribution is 2.19. The number of hydrogen-bond donors (Lipinski definition) is 3. The maximum Gasteiger partial charge on any atom is 0.287 e. The van der Waals surface area contributed by atoms with E-state index in [-0.39, 0.29) is 5.91 Å². The van der Waals surface area contributed by atoms with Gasteiger partial charge in [-0.05, 0) is 30.7 Å². The van der Waals surface area contributed by atoms with Crippen LogP contribution in [-0.4, -0.2) is 51.1 Å². The second-order valence-electron chi connectivity index (χ2n) is 6.14. The maximum atomic E-state index is 11.8. The Labute approximate surface area is 153 Å². The van der Waals surface area contributed by atoms with Crippen molar-refractivity contribution < 1.29 is 9.21 Å². The Bertz CT molecular complexity index is 715. The molecule has 1 fully saturated rings. The molecule has 1 amide bonds. The molecule has 1 saturated heterocycles. The molecule has 7 heteroatoms. The van der Waals surface area contributed by atoms with Gasteiger partial charge in [-0.1, -0.05) is 18.2 Å². The van der Waals surface area contributed by atoms with Gasteiger partial charge < -0.3 is 25.3 Å². The summed E-state index contributed by atoms with van der Waals surface area (Å²) in [6.07, 6.45) is 2.55. The highest BCUT2D eigenvalue weighted by Gasteiger charge is 2.23. The number of carbonyl (C=O) groups is 1. The van der Waals surface area contributed by atoms with Crippen molar-refractivity contribution >= 4 is 17.6 Å². The summed E-state index contributed by atoms with van der Waals surface area (Å²) >= 11 is 0. The fraction of sp³-hybridized carbons (Fsp3) is 0.368. The summed E-state index contributed by atoms with van der Waals surface area (Å²) in [7, 11) is 1.75. The molecular weight excluding hydrogens is 330 g/mol. The lowest BCUT2D eigenvalue weighted by molar-refractivity contribution is 0.0926. The van der Waals surface area contributed by atoms with Gasteiger partial charge >= 0.3 is 0 Å². The number of carbonyl (C=O) groups excluding carboxylic acids is 1. The third kappa shape index (κ3) is 4.78. The highest BCUT2D eigenvalue weighted by atomic mass is 16.3. The van der Waals surface area contributed by atoms with Gasteiger partial charge in [0.25, 0.3) is 5.91 Å². The van der Waals surface area contributed by atoms with Gasteiger partial charge in [0.1, 0.15) is 0 Å². The van der Waals surface area contributed by atoms with Crippen molar-refractivity contribution in [3.05, 3.63) is 54.5 Å². The van der Waals surface area contributed by atoms with Crippen molar-refractivity contribution in [2.45, 2.75) is 12.5 Å². The molecule has 1 aliphatic rings. The number of furan rings is 1. The average molecular weight is 355 g/mol. The molecule has 7 nitrogen and oxygen atoms in total. The number of rotatable bonds is 6. The van der Waals surface area contributed by atoms with Crippen LogP contribution in [0.5, 0.6) is 0 Å². The van der Waals surface area contributed by atoms with E-state index >= 15 is 0 Å². The second-order valence-corrected chi connectivity index (χ2v) is 6.14. The molecule has 0 spiro atoms. The molecule has 1 unspecified atom stereocenters. The Hall–Kier alpha value is -2.96. The first kappa shape index (κ1) is 17.8. The summed E-state index contributed by atoms with van der Waals surface area (Å²) in [6.45, 7) is 3.04. The van der Waals surface area contributed by atoms with Gasteiger partial charge in [0, 0.05) is 45.0 Å². The first-order chi connectivity index (χ1) is 12.8. The number of aliphatic imine (C=N–C) groups is 1. The summed E-state index contributed by atoms with van der Waals surface area (Å²) in [5.74, 6) is 0.852. The molecular formula is C19H25N5O2. The van der Waals surface area contributed by atoms with Gasteiger partial charge in [0.05, 0.1) is 6.26 Å². The molecule has 1 aliphatic heterocycles. The van der Waals surface area contributed by atoms with Gasteiger partial charge in [0.15, 0.2) is 11.7 Å². The standard InChI is InChI=1S/C19H25N5O2/c1-20-19(22-11-10-21-18(25)17-8-5-13-26-17)23-15-9-12-24(14-15)16-6-3-2-4-7-16/h2-8,13,15H,9-12,14H2,1H3,(H,21,25)(H2,20,22,23). The molecule has 3 rings (SSSR count). The summed E-state index contributed by atoms with van der Waals surface area (Å²) in [6, 6.07) is 14.1. The molecule has 0 saturated carbocycles. The van der Waals surface area contributed by atoms with Crippen LogP contribution >= 0.6 is 0 Å². The molecule has 2 heterocycles. The van der Waals surface area contributed by atoms with Crippen LogP contribution in [0.2, 0.25) is 0 Å². The SMILES string of the molecule is CN=C(NCCNC(=O)c1ccco1)NC1CCN(c2ccccc2)C1. The van der Waals surface area contributed by atoms with Crippen LogP contribution in [-0.2, 0) is 0 Å². The minimum atomic E-state index is -0.214. The topological polar surface area (TPSA) is 81.9 Å². The smallest absolute Gasteiger partial charge is 0.287 e. The molecule has 1 aromatic heterocycles. The average Bonchev–Trinajstić information content (AvgIpc) is 3.36. The zero-order valence-corrected chi connectivity index (χ0v) is 14.9. The number of para-hydroxylation sites is 1. The quantitative estimate of drug-likeness (QED) is 0.415. The van der Waals surface area contributed by atoms with E-state index in [0.29, 0.717) is 24.9 Å². The van der Waals surface area contributed by atoms with E-state index in [1.54, 1.807) is 19.2 Å². The van der Waals surface area contributed by atoms with Crippen molar-refractivity contribution in [1.29, 1.82) is 0 Å². The zero-order chi connectivity index (χ0) is 18.2. The van der Waals surface area contributed by atoms with Gasteiger partial charge in [0.2, 0.25) is 0 Å². The Morgan fingerprint density at radius 2 is 2.00 bits per heavy atom. The lowest BCUT2D eigenvalue weighted by atomic mass is 10.3. The van der Waals surface area contributed by atoms with Crippen molar-refractivity contribution in [3.63, 3.8) is 0 Å². The third-order valence-corrected chi connectivity index (χ3v) is 4.32. The monoisotopic (exact) mass is 355 g/mol. The molecule has 1 aromatic carbocycles. The van der Waals surface area contributed by atoms with Crippen LogP contribution in [0.4, 0.5) is 5.69 Å². The molecule has 0 bridgehead atoms. The number of anilines is 1. The molecule has 26 heavy (non-hydrogen) atoms. The Kier molecular flexibility index (Phi) is 6.14. The van der Waals surface area contributed by atoms with Crippen LogP contribution in [0.15, 0.2) is 58.1 Å². The molecule has 3 N–H and O–H groups in total. The second kappa shape index (κ2) is 8.94. The maximum absolute atomic E-state index is 11.8. The lowest BCUT2D eigenvalue weighted by Gasteiger charge is -2.20. The fourth-order valence-corrected chi connectivity index (χ4v) is 2.99. The zero-order valence-electron chi connectivity index (χ0n) is 14.9. The van der Waals surface area contributed by atoms with Crippen molar-refractivity contribution in [1.82, 2.24) is 16.0 Å². The van der Waals surface area contributed by atoms with Gasteiger partial charge in [-0.2, -0.15) is 0 Å². The molecule has 2 aromatic rings. The summed E-state index contributed by atoms with van der Waals surface area (Å²) in [4.78, 5) is 18.4. The van der Waals surface area contributed by atoms with E-state index < -0.39 is 0 Å². The molecule has 138 valence electrons. The highest BCUT2D eigenvalue weighted by molar-refractivity contribution is 5.91. The molecule has 1 atom stereocenters. The first-order valence-electron chi connectivity index (χ1n) is 8.85. The predicted molar refractivity (Wildman–Crippen MR) is 103 cm³/mol. The summed E-state index contributed by atoms with van der Waals surface area (Å²) in [5, 5.41) is 9.47. The number of guanidine groups is 1. The van der Waals surface area contributed by atoms with Gasteiger partial charge in [-0.25, -0.2) is 0 Å². The summed E-state index contributed by atoms with van der Waals surface area (Å²) < 4.78 is 5.06. The van der Waals surface area contributed by atoms with Crippen molar-refractivity contribution in [2.24, 2.45) is 4.99 Å². The van der Waals surface area contributed by atoms with Crippen LogP contribution in [0, 0.1) is 0 Å². The van der Waals surface area contributed by atoms with Crippen molar-refractivity contribution in [3.8, 4) is 0 Å². The fourth-order valence-electron chi connectivity index (χ4n) is 2.99. The number of amides is 1. The minimum absolute atomic E-state index is 0.214. The minimum Gasteiger partial charge on any atom is -0.459 e. The van der Waals surface area contributed by atoms with E-state index in [4.69, 9.17) is 4.42 Å². The van der Waals surface area contributed by atoms with Crippen LogP contribution < -0.4 is 20.9 Å². The first-order valence-corrected chi connectivity index (χ1v) is 8.85. The Morgan fingerprint density at radius 3 is 2.73 bits per heavy atom. The molecule has 0 aliphatic carbocycles. The largest absolute Gasteiger partial charge is 0.459 e. The number of nitrogens with one attached hydrogen (secondary N) is 3.